The zero-order valence-electron chi connectivity index (χ0n) is 9.82. The third-order valence-electron chi connectivity index (χ3n) is 2.90. The first-order valence-corrected chi connectivity index (χ1v) is 7.24. The second-order valence-corrected chi connectivity index (χ2v) is 5.10. The Morgan fingerprint density at radius 1 is 1.16 bits per heavy atom. The van der Waals surface area contributed by atoms with Crippen LogP contribution in [0.5, 0.6) is 5.75 Å². The number of hydrogen-bond acceptors (Lipinski definition) is 5. The molecular formula is C12H14FIO5. The zero-order chi connectivity index (χ0) is 14.0. The Kier molecular flexibility index (Phi) is 4.96. The molecule has 0 amide bonds. The summed E-state index contributed by atoms with van der Waals surface area (Å²) >= 11 is 1.98. The van der Waals surface area contributed by atoms with Gasteiger partial charge in [-0.15, -0.1) is 0 Å². The minimum Gasteiger partial charge on any atom is -0.459 e. The van der Waals surface area contributed by atoms with E-state index in [1.165, 1.54) is 18.2 Å². The molecule has 7 heteroatoms. The first-order chi connectivity index (χ1) is 9.04. The van der Waals surface area contributed by atoms with Gasteiger partial charge in [0.1, 0.15) is 18.3 Å². The molecule has 0 radical (unpaired) electrons. The van der Waals surface area contributed by atoms with E-state index in [9.17, 15) is 19.7 Å². The van der Waals surface area contributed by atoms with Gasteiger partial charge in [0.05, 0.1) is 6.10 Å². The fourth-order valence-electron chi connectivity index (χ4n) is 1.81. The van der Waals surface area contributed by atoms with E-state index in [0.717, 1.165) is 0 Å². The monoisotopic (exact) mass is 384 g/mol. The van der Waals surface area contributed by atoms with Crippen LogP contribution in [0.4, 0.5) is 4.39 Å². The summed E-state index contributed by atoms with van der Waals surface area (Å²) in [4.78, 5) is 0. The maximum atomic E-state index is 13.4. The van der Waals surface area contributed by atoms with Gasteiger partial charge >= 0.3 is 0 Å². The number of hydrogen-bond donors (Lipinski definition) is 3. The Morgan fingerprint density at radius 2 is 1.84 bits per heavy atom. The van der Waals surface area contributed by atoms with Crippen LogP contribution in [0.2, 0.25) is 0 Å². The Labute approximate surface area is 123 Å². The summed E-state index contributed by atoms with van der Waals surface area (Å²) in [6, 6.07) is 5.69. The molecule has 1 aromatic rings. The van der Waals surface area contributed by atoms with Crippen LogP contribution in [0.1, 0.15) is 0 Å². The number of aliphatic hydroxyl groups is 3. The molecule has 0 aliphatic carbocycles. The van der Waals surface area contributed by atoms with Gasteiger partial charge in [-0.2, -0.15) is 0 Å². The van der Waals surface area contributed by atoms with Crippen molar-refractivity contribution in [2.75, 3.05) is 4.43 Å². The molecule has 1 heterocycles. The van der Waals surface area contributed by atoms with Crippen LogP contribution >= 0.6 is 22.6 Å². The van der Waals surface area contributed by atoms with Gasteiger partial charge in [-0.05, 0) is 12.1 Å². The average Bonchev–Trinajstić information content (AvgIpc) is 2.41. The van der Waals surface area contributed by atoms with Crippen LogP contribution in [0.25, 0.3) is 0 Å². The van der Waals surface area contributed by atoms with E-state index in [1.807, 2.05) is 22.6 Å². The molecule has 5 nitrogen and oxygen atoms in total. The first kappa shape index (κ1) is 14.9. The molecule has 0 spiro atoms. The number of benzene rings is 1. The van der Waals surface area contributed by atoms with Crippen molar-refractivity contribution in [3.05, 3.63) is 30.1 Å². The minimum atomic E-state index is -1.45. The molecule has 0 aromatic heterocycles. The van der Waals surface area contributed by atoms with Crippen molar-refractivity contribution in [2.45, 2.75) is 30.7 Å². The van der Waals surface area contributed by atoms with Crippen molar-refractivity contribution in [1.29, 1.82) is 0 Å². The number of halogens is 2. The molecule has 19 heavy (non-hydrogen) atoms. The molecule has 5 atom stereocenters. The summed E-state index contributed by atoms with van der Waals surface area (Å²) in [7, 11) is 0. The fraction of sp³-hybridized carbons (Fsp3) is 0.500. The third-order valence-corrected chi connectivity index (χ3v) is 3.77. The van der Waals surface area contributed by atoms with Crippen molar-refractivity contribution in [3.63, 3.8) is 0 Å². The van der Waals surface area contributed by atoms with Crippen LogP contribution in [0, 0.1) is 5.82 Å². The lowest BCUT2D eigenvalue weighted by Gasteiger charge is -2.39. The second-order valence-electron chi connectivity index (χ2n) is 4.22. The standard InChI is InChI=1S/C12H14FIO5/c13-6-3-1-2-4-7(6)18-12-11(17)10(16)9(15)8(5-14)19-12/h1-4,8-12,15-17H,5H2/t8-,9-,10+,11-,12-/m1/s1. The third kappa shape index (κ3) is 3.16. The van der Waals surface area contributed by atoms with Gasteiger partial charge in [0, 0.05) is 4.43 Å². The van der Waals surface area contributed by atoms with E-state index in [1.54, 1.807) is 6.07 Å². The van der Waals surface area contributed by atoms with Gasteiger partial charge in [-0.3, -0.25) is 0 Å². The molecule has 1 aromatic carbocycles. The van der Waals surface area contributed by atoms with Crippen LogP contribution in [-0.4, -0.2) is 50.5 Å². The van der Waals surface area contributed by atoms with E-state index >= 15 is 0 Å². The predicted molar refractivity (Wildman–Crippen MR) is 72.6 cm³/mol. The number of rotatable bonds is 3. The molecular weight excluding hydrogens is 370 g/mol. The Bertz CT molecular complexity index is 430. The van der Waals surface area contributed by atoms with Crippen LogP contribution in [0.3, 0.4) is 0 Å². The topological polar surface area (TPSA) is 79.2 Å². The highest BCUT2D eigenvalue weighted by atomic mass is 127. The van der Waals surface area contributed by atoms with Gasteiger partial charge in [-0.1, -0.05) is 34.7 Å². The number of aliphatic hydroxyl groups excluding tert-OH is 3. The largest absolute Gasteiger partial charge is 0.459 e. The van der Waals surface area contributed by atoms with Gasteiger partial charge in [0.25, 0.3) is 0 Å². The molecule has 106 valence electrons. The Morgan fingerprint density at radius 3 is 2.47 bits per heavy atom. The summed E-state index contributed by atoms with van der Waals surface area (Å²) in [5, 5.41) is 29.2. The lowest BCUT2D eigenvalue weighted by atomic mass is 10.00. The van der Waals surface area contributed by atoms with E-state index in [2.05, 4.69) is 0 Å². The molecule has 1 saturated heterocycles. The lowest BCUT2D eigenvalue weighted by Crippen LogP contribution is -2.59. The summed E-state index contributed by atoms with van der Waals surface area (Å²) in [6.07, 6.45) is -5.96. The molecule has 1 fully saturated rings. The lowest BCUT2D eigenvalue weighted by molar-refractivity contribution is -0.266. The second kappa shape index (κ2) is 6.31. The van der Waals surface area contributed by atoms with Gasteiger partial charge in [-0.25, -0.2) is 4.39 Å². The average molecular weight is 384 g/mol. The normalized spacial score (nSPS) is 35.1. The smallest absolute Gasteiger partial charge is 0.229 e. The van der Waals surface area contributed by atoms with Gasteiger partial charge in [0.15, 0.2) is 11.6 Å². The van der Waals surface area contributed by atoms with Crippen molar-refractivity contribution in [2.24, 2.45) is 0 Å². The molecule has 0 bridgehead atoms. The summed E-state index contributed by atoms with van der Waals surface area (Å²) < 4.78 is 24.4. The Hall–Kier alpha value is -0.480. The quantitative estimate of drug-likeness (QED) is 0.521. The van der Waals surface area contributed by atoms with Crippen molar-refractivity contribution >= 4 is 22.6 Å². The van der Waals surface area contributed by atoms with Gasteiger partial charge in [0.2, 0.25) is 6.29 Å². The van der Waals surface area contributed by atoms with E-state index in [4.69, 9.17) is 9.47 Å². The summed E-state index contributed by atoms with van der Waals surface area (Å²) in [6.45, 7) is 0. The number of para-hydroxylation sites is 1. The maximum absolute atomic E-state index is 13.4. The van der Waals surface area contributed by atoms with Crippen LogP contribution in [0.15, 0.2) is 24.3 Å². The van der Waals surface area contributed by atoms with E-state index < -0.39 is 36.5 Å². The van der Waals surface area contributed by atoms with Crippen molar-refractivity contribution < 1.29 is 29.2 Å². The van der Waals surface area contributed by atoms with Crippen LogP contribution in [-0.2, 0) is 4.74 Å². The summed E-state index contributed by atoms with van der Waals surface area (Å²) in [5.74, 6) is -0.674. The highest BCUT2D eigenvalue weighted by Gasteiger charge is 2.44. The zero-order valence-corrected chi connectivity index (χ0v) is 12.0. The van der Waals surface area contributed by atoms with Crippen LogP contribution < -0.4 is 4.74 Å². The maximum Gasteiger partial charge on any atom is 0.229 e. The fourth-order valence-corrected chi connectivity index (χ4v) is 2.54. The van der Waals surface area contributed by atoms with Gasteiger partial charge < -0.3 is 24.8 Å². The molecule has 0 unspecified atom stereocenters. The molecule has 0 saturated carbocycles. The minimum absolute atomic E-state index is 0.0812. The number of alkyl halides is 1. The molecule has 3 N–H and O–H groups in total. The highest BCUT2D eigenvalue weighted by Crippen LogP contribution is 2.26. The predicted octanol–water partition coefficient (Wildman–Crippen LogP) is 0.447. The van der Waals surface area contributed by atoms with E-state index in [0.29, 0.717) is 4.43 Å². The Balaban J connectivity index is 2.13. The SMILES string of the molecule is O[C@@H]1[C@@H](O)[C@H](Oc2ccccc2F)O[C@H](CI)[C@H]1O. The molecule has 1 aliphatic heterocycles. The number of ether oxygens (including phenoxy) is 2. The first-order valence-electron chi connectivity index (χ1n) is 5.71. The van der Waals surface area contributed by atoms with E-state index in [-0.39, 0.29) is 5.75 Å². The summed E-state index contributed by atoms with van der Waals surface area (Å²) in [5.41, 5.74) is 0. The van der Waals surface area contributed by atoms with Crippen molar-refractivity contribution in [3.8, 4) is 5.75 Å². The molecule has 1 aliphatic rings. The molecule has 2 rings (SSSR count). The van der Waals surface area contributed by atoms with Crippen molar-refractivity contribution in [1.82, 2.24) is 0 Å². The highest BCUT2D eigenvalue weighted by molar-refractivity contribution is 14.1.